The van der Waals surface area contributed by atoms with Crippen molar-refractivity contribution in [2.45, 2.75) is 12.0 Å². The number of nitrogens with one attached hydrogen (secondary N) is 1. The van der Waals surface area contributed by atoms with E-state index in [1.807, 2.05) is 0 Å². The van der Waals surface area contributed by atoms with Crippen molar-refractivity contribution in [2.24, 2.45) is 0 Å². The molecule has 0 spiro atoms. The lowest BCUT2D eigenvalue weighted by atomic mass is 9.99. The number of carbonyl (C=O) groups is 1. The van der Waals surface area contributed by atoms with Gasteiger partial charge in [0.1, 0.15) is 11.8 Å². The average Bonchev–Trinajstić information content (AvgIpc) is 2.32. The Balaban J connectivity index is 0.00000162. The number of alkyl halides is 2. The number of carbonyl (C=O) groups excluding carboxylic acids is 1. The van der Waals surface area contributed by atoms with Crippen molar-refractivity contribution in [3.05, 3.63) is 29.8 Å². The maximum absolute atomic E-state index is 13.6. The summed E-state index contributed by atoms with van der Waals surface area (Å²) in [5.41, 5.74) is 0.233. The molecular weight excluding hydrogens is 268 g/mol. The number of cyclic esters (lactones) is 1. The highest BCUT2D eigenvalue weighted by molar-refractivity contribution is 5.85. The highest BCUT2D eigenvalue weighted by atomic mass is 35.5. The molecule has 0 bridgehead atoms. The molecular formula is C11H12ClF2NO3. The molecule has 18 heavy (non-hydrogen) atoms. The zero-order valence-electron chi connectivity index (χ0n) is 9.48. The van der Waals surface area contributed by atoms with E-state index < -0.39 is 24.7 Å². The first-order chi connectivity index (χ1) is 8.04. The van der Waals surface area contributed by atoms with Gasteiger partial charge < -0.3 is 14.8 Å². The van der Waals surface area contributed by atoms with E-state index in [9.17, 15) is 13.6 Å². The molecule has 4 nitrogen and oxygen atoms in total. The van der Waals surface area contributed by atoms with E-state index in [1.54, 1.807) is 18.2 Å². The van der Waals surface area contributed by atoms with Crippen molar-refractivity contribution in [1.29, 1.82) is 0 Å². The van der Waals surface area contributed by atoms with E-state index in [2.05, 4.69) is 10.1 Å². The minimum absolute atomic E-state index is 0. The number of rotatable bonds is 2. The number of halogens is 3. The standard InChI is InChI=1S/C11H11F2NO3.ClH/c1-16-8-5-3-2-4-7(8)9-11(12,13)6-17-10(15)14-9;/h2-5,9H,6H2,1H3,(H,14,15);1H/t9-;/m0./s1. The number of alkyl carbamates (subject to hydrolysis) is 1. The van der Waals surface area contributed by atoms with Gasteiger partial charge in [0.15, 0.2) is 6.61 Å². The number of ether oxygens (including phenoxy) is 2. The van der Waals surface area contributed by atoms with Gasteiger partial charge in [-0.2, -0.15) is 0 Å². The maximum atomic E-state index is 13.6. The van der Waals surface area contributed by atoms with Crippen LogP contribution in [0.25, 0.3) is 0 Å². The lowest BCUT2D eigenvalue weighted by Crippen LogP contribution is -2.49. The Morgan fingerprint density at radius 1 is 1.44 bits per heavy atom. The smallest absolute Gasteiger partial charge is 0.408 e. The van der Waals surface area contributed by atoms with Gasteiger partial charge in [0.2, 0.25) is 0 Å². The summed E-state index contributed by atoms with van der Waals surface area (Å²) in [5, 5.41) is 2.11. The summed E-state index contributed by atoms with van der Waals surface area (Å²) in [6, 6.07) is 4.90. The molecule has 1 fully saturated rings. The van der Waals surface area contributed by atoms with Gasteiger partial charge in [0.05, 0.1) is 7.11 Å². The second-order valence-corrected chi connectivity index (χ2v) is 3.66. The molecule has 2 rings (SSSR count). The summed E-state index contributed by atoms with van der Waals surface area (Å²) in [6.07, 6.45) is -0.855. The zero-order chi connectivity index (χ0) is 12.5. The molecule has 1 amide bonds. The van der Waals surface area contributed by atoms with E-state index in [4.69, 9.17) is 4.74 Å². The van der Waals surface area contributed by atoms with Crippen LogP contribution in [0.1, 0.15) is 11.6 Å². The minimum Gasteiger partial charge on any atom is -0.496 e. The molecule has 0 radical (unpaired) electrons. The Bertz CT molecular complexity index is 442. The number of hydrogen-bond acceptors (Lipinski definition) is 3. The van der Waals surface area contributed by atoms with Gasteiger partial charge in [-0.15, -0.1) is 12.4 Å². The molecule has 1 heterocycles. The third-order valence-corrected chi connectivity index (χ3v) is 2.53. The normalized spacial score (nSPS) is 21.3. The summed E-state index contributed by atoms with van der Waals surface area (Å²) >= 11 is 0. The number of methoxy groups -OCH3 is 1. The van der Waals surface area contributed by atoms with Crippen molar-refractivity contribution >= 4 is 18.5 Å². The van der Waals surface area contributed by atoms with Crippen molar-refractivity contribution in [3.8, 4) is 5.75 Å². The summed E-state index contributed by atoms with van der Waals surface area (Å²) in [5.74, 6) is -2.86. The van der Waals surface area contributed by atoms with Gasteiger partial charge >= 0.3 is 12.0 Å². The number of benzene rings is 1. The fourth-order valence-electron chi connectivity index (χ4n) is 1.72. The predicted molar refractivity (Wildman–Crippen MR) is 62.4 cm³/mol. The van der Waals surface area contributed by atoms with E-state index >= 15 is 0 Å². The largest absolute Gasteiger partial charge is 0.496 e. The van der Waals surface area contributed by atoms with E-state index in [0.717, 1.165) is 0 Å². The maximum Gasteiger partial charge on any atom is 0.408 e. The molecule has 1 aromatic carbocycles. The van der Waals surface area contributed by atoms with E-state index in [-0.39, 0.29) is 18.0 Å². The van der Waals surface area contributed by atoms with Crippen LogP contribution in [0.5, 0.6) is 5.75 Å². The molecule has 1 N–H and O–H groups in total. The molecule has 1 aliphatic heterocycles. The predicted octanol–water partition coefficient (Wildman–Crippen LogP) is 2.53. The van der Waals surface area contributed by atoms with Crippen molar-refractivity contribution in [3.63, 3.8) is 0 Å². The SMILES string of the molecule is COc1ccccc1[C@@H]1NC(=O)OCC1(F)F.Cl. The Hall–Kier alpha value is -1.56. The van der Waals surface area contributed by atoms with Gasteiger partial charge in [-0.3, -0.25) is 0 Å². The fourth-order valence-corrected chi connectivity index (χ4v) is 1.72. The molecule has 1 aromatic rings. The second-order valence-electron chi connectivity index (χ2n) is 3.66. The highest BCUT2D eigenvalue weighted by Gasteiger charge is 2.47. The first-order valence-electron chi connectivity index (χ1n) is 4.98. The Morgan fingerprint density at radius 3 is 2.78 bits per heavy atom. The summed E-state index contributed by atoms with van der Waals surface area (Å²) in [7, 11) is 1.39. The van der Waals surface area contributed by atoms with Crippen LogP contribution in [-0.4, -0.2) is 25.7 Å². The number of para-hydroxylation sites is 1. The first-order valence-corrected chi connectivity index (χ1v) is 4.98. The topological polar surface area (TPSA) is 47.6 Å². The van der Waals surface area contributed by atoms with Crippen LogP contribution in [0, 0.1) is 0 Å². The van der Waals surface area contributed by atoms with Gasteiger partial charge in [-0.1, -0.05) is 18.2 Å². The van der Waals surface area contributed by atoms with Gasteiger partial charge in [0.25, 0.3) is 0 Å². The lowest BCUT2D eigenvalue weighted by molar-refractivity contribution is -0.104. The Morgan fingerprint density at radius 2 is 2.11 bits per heavy atom. The average molecular weight is 280 g/mol. The van der Waals surface area contributed by atoms with Crippen molar-refractivity contribution < 1.29 is 23.0 Å². The summed E-state index contributed by atoms with van der Waals surface area (Å²) < 4.78 is 36.6. The molecule has 0 saturated carbocycles. The minimum atomic E-state index is -3.16. The van der Waals surface area contributed by atoms with Crippen LogP contribution in [0.4, 0.5) is 13.6 Å². The van der Waals surface area contributed by atoms with Crippen LogP contribution in [0.3, 0.4) is 0 Å². The van der Waals surface area contributed by atoms with Crippen LogP contribution in [-0.2, 0) is 4.74 Å². The molecule has 1 aliphatic rings. The van der Waals surface area contributed by atoms with Crippen LogP contribution in [0.15, 0.2) is 24.3 Å². The third-order valence-electron chi connectivity index (χ3n) is 2.53. The lowest BCUT2D eigenvalue weighted by Gasteiger charge is -2.32. The zero-order valence-corrected chi connectivity index (χ0v) is 10.3. The fraction of sp³-hybridized carbons (Fsp3) is 0.364. The second kappa shape index (κ2) is 5.39. The summed E-state index contributed by atoms with van der Waals surface area (Å²) in [4.78, 5) is 11.0. The molecule has 0 aliphatic carbocycles. The Kier molecular flexibility index (Phi) is 4.34. The van der Waals surface area contributed by atoms with Crippen LogP contribution in [0.2, 0.25) is 0 Å². The number of amides is 1. The molecule has 100 valence electrons. The van der Waals surface area contributed by atoms with Crippen molar-refractivity contribution in [2.75, 3.05) is 13.7 Å². The third kappa shape index (κ3) is 2.64. The Labute approximate surface area is 109 Å². The van der Waals surface area contributed by atoms with Gasteiger partial charge in [-0.05, 0) is 6.07 Å². The van der Waals surface area contributed by atoms with E-state index in [0.29, 0.717) is 5.75 Å². The molecule has 1 saturated heterocycles. The van der Waals surface area contributed by atoms with Gasteiger partial charge in [-0.25, -0.2) is 13.6 Å². The molecule has 7 heteroatoms. The summed E-state index contributed by atoms with van der Waals surface area (Å²) in [6.45, 7) is -0.929. The molecule has 0 aromatic heterocycles. The quantitative estimate of drug-likeness (QED) is 0.905. The van der Waals surface area contributed by atoms with Gasteiger partial charge in [0, 0.05) is 5.56 Å². The van der Waals surface area contributed by atoms with E-state index in [1.165, 1.54) is 13.2 Å². The number of hydrogen-bond donors (Lipinski definition) is 1. The van der Waals surface area contributed by atoms with Crippen LogP contribution >= 0.6 is 12.4 Å². The highest BCUT2D eigenvalue weighted by Crippen LogP contribution is 2.38. The first kappa shape index (κ1) is 14.5. The molecule has 1 atom stereocenters. The van der Waals surface area contributed by atoms with Crippen molar-refractivity contribution in [1.82, 2.24) is 5.32 Å². The molecule has 0 unspecified atom stereocenters. The monoisotopic (exact) mass is 279 g/mol. The van der Waals surface area contributed by atoms with Crippen LogP contribution < -0.4 is 10.1 Å².